The van der Waals surface area contributed by atoms with E-state index in [1.165, 1.54) is 17.0 Å². The highest BCUT2D eigenvalue weighted by Crippen LogP contribution is 2.32. The van der Waals surface area contributed by atoms with Gasteiger partial charge in [0.25, 0.3) is 16.8 Å². The fourth-order valence-corrected chi connectivity index (χ4v) is 4.02. The van der Waals surface area contributed by atoms with Crippen molar-refractivity contribution in [3.63, 3.8) is 0 Å². The predicted molar refractivity (Wildman–Crippen MR) is 128 cm³/mol. The molecule has 1 saturated heterocycles. The molecule has 1 fully saturated rings. The lowest BCUT2D eigenvalue weighted by Gasteiger charge is -2.13. The van der Waals surface area contributed by atoms with Crippen LogP contribution in [0.3, 0.4) is 0 Å². The van der Waals surface area contributed by atoms with Crippen molar-refractivity contribution in [2.75, 3.05) is 13.2 Å². The molecule has 1 heterocycles. The number of non-ortho nitro benzene ring substituents is 1. The molecule has 0 unspecified atom stereocenters. The number of nitro benzene ring substituents is 1. The third-order valence-corrected chi connectivity index (χ3v) is 5.84. The van der Waals surface area contributed by atoms with E-state index in [-0.39, 0.29) is 36.6 Å². The van der Waals surface area contributed by atoms with Crippen molar-refractivity contribution in [3.8, 4) is 11.5 Å². The molecule has 3 aromatic rings. The molecule has 3 aromatic carbocycles. The molecule has 1 aliphatic heterocycles. The van der Waals surface area contributed by atoms with Crippen molar-refractivity contribution in [3.05, 3.63) is 105 Å². The van der Waals surface area contributed by atoms with Gasteiger partial charge in [-0.1, -0.05) is 30.3 Å². The first kappa shape index (κ1) is 23.1. The Hall–Kier alpha value is -4.11. The number of nitrogens with zero attached hydrogens (tertiary/aromatic N) is 2. The van der Waals surface area contributed by atoms with Crippen LogP contribution < -0.4 is 9.47 Å². The van der Waals surface area contributed by atoms with Gasteiger partial charge in [0, 0.05) is 12.1 Å². The highest BCUT2D eigenvalue weighted by atomic mass is 32.2. The quantitative estimate of drug-likeness (QED) is 0.235. The number of hydrogen-bond acceptors (Lipinski definition) is 7. The predicted octanol–water partition coefficient (Wildman–Crippen LogP) is 5.29. The molecule has 34 heavy (non-hydrogen) atoms. The van der Waals surface area contributed by atoms with E-state index >= 15 is 0 Å². The van der Waals surface area contributed by atoms with E-state index in [4.69, 9.17) is 9.47 Å². The maximum Gasteiger partial charge on any atom is 0.293 e. The highest BCUT2D eigenvalue weighted by Gasteiger charge is 2.34. The summed E-state index contributed by atoms with van der Waals surface area (Å²) >= 11 is 0.902. The van der Waals surface area contributed by atoms with Crippen LogP contribution in [0.15, 0.2) is 83.8 Å². The molecule has 8 nitrogen and oxygen atoms in total. The van der Waals surface area contributed by atoms with Crippen molar-refractivity contribution < 1.29 is 24.0 Å². The number of ether oxygens (including phenoxy) is 2. The first-order valence-electron chi connectivity index (χ1n) is 10.4. The van der Waals surface area contributed by atoms with E-state index in [1.54, 1.807) is 42.5 Å². The zero-order valence-electron chi connectivity index (χ0n) is 18.0. The van der Waals surface area contributed by atoms with Crippen LogP contribution in [0.4, 0.5) is 10.5 Å². The summed E-state index contributed by atoms with van der Waals surface area (Å²) in [5.74, 6) is 0.952. The van der Waals surface area contributed by atoms with Gasteiger partial charge in [-0.2, -0.15) is 0 Å². The number of benzene rings is 3. The zero-order chi connectivity index (χ0) is 23.9. The van der Waals surface area contributed by atoms with Crippen LogP contribution >= 0.6 is 11.8 Å². The van der Waals surface area contributed by atoms with Gasteiger partial charge in [-0.15, -0.1) is 0 Å². The summed E-state index contributed by atoms with van der Waals surface area (Å²) in [7, 11) is 0. The summed E-state index contributed by atoms with van der Waals surface area (Å²) in [6.45, 7) is 0.656. The van der Waals surface area contributed by atoms with Crippen molar-refractivity contribution >= 4 is 34.7 Å². The lowest BCUT2D eigenvalue weighted by molar-refractivity contribution is -0.384. The van der Waals surface area contributed by atoms with Gasteiger partial charge >= 0.3 is 0 Å². The molecule has 2 amide bonds. The van der Waals surface area contributed by atoms with E-state index in [1.807, 2.05) is 30.3 Å². The minimum atomic E-state index is -0.448. The minimum Gasteiger partial charge on any atom is -0.492 e. The van der Waals surface area contributed by atoms with Gasteiger partial charge in [0.2, 0.25) is 0 Å². The summed E-state index contributed by atoms with van der Waals surface area (Å²) in [6, 6.07) is 22.5. The molecular formula is C25H20N2O6S. The van der Waals surface area contributed by atoms with Gasteiger partial charge in [0.05, 0.1) is 16.4 Å². The maximum atomic E-state index is 12.6. The second kappa shape index (κ2) is 10.7. The molecule has 0 radical (unpaired) electrons. The summed E-state index contributed by atoms with van der Waals surface area (Å²) in [4.78, 5) is 36.7. The number of thioether (sulfide) groups is 1. The van der Waals surface area contributed by atoms with E-state index in [2.05, 4.69) is 0 Å². The van der Waals surface area contributed by atoms with Gasteiger partial charge in [-0.25, -0.2) is 0 Å². The number of hydrogen-bond donors (Lipinski definition) is 0. The Kier molecular flexibility index (Phi) is 7.24. The Balaban J connectivity index is 1.31. The number of carbonyl (C=O) groups excluding carboxylic acids is 2. The first-order chi connectivity index (χ1) is 16.5. The lowest BCUT2D eigenvalue weighted by atomic mass is 10.2. The maximum absolute atomic E-state index is 12.6. The standard InChI is InChI=1S/C25H20N2O6S/c28-24-23(34-25(29)26(24)14-15-32-21-4-2-1-3-5-21)16-18-8-12-22(13-9-18)33-17-19-6-10-20(11-7-19)27(30)31/h1-13,16H,14-15,17H2/b23-16-. The Bertz CT molecular complexity index is 1210. The zero-order valence-corrected chi connectivity index (χ0v) is 18.8. The van der Waals surface area contributed by atoms with Crippen LogP contribution in [0.5, 0.6) is 11.5 Å². The largest absolute Gasteiger partial charge is 0.492 e. The molecule has 9 heteroatoms. The summed E-state index contributed by atoms with van der Waals surface area (Å²) in [5, 5.41) is 10.4. The van der Waals surface area contributed by atoms with Crippen LogP contribution in [0.2, 0.25) is 0 Å². The Morgan fingerprint density at radius 2 is 1.56 bits per heavy atom. The summed E-state index contributed by atoms with van der Waals surface area (Å²) in [5.41, 5.74) is 1.59. The molecule has 0 aromatic heterocycles. The summed E-state index contributed by atoms with van der Waals surface area (Å²) < 4.78 is 11.3. The molecule has 0 aliphatic carbocycles. The topological polar surface area (TPSA) is 99.0 Å². The first-order valence-corrected chi connectivity index (χ1v) is 11.2. The van der Waals surface area contributed by atoms with Gasteiger partial charge in [0.1, 0.15) is 24.7 Å². The number of carbonyl (C=O) groups is 2. The van der Waals surface area contributed by atoms with Crippen LogP contribution in [-0.4, -0.2) is 34.1 Å². The Morgan fingerprint density at radius 3 is 2.24 bits per heavy atom. The van der Waals surface area contributed by atoms with Crippen molar-refractivity contribution in [2.24, 2.45) is 0 Å². The third-order valence-electron chi connectivity index (χ3n) is 4.93. The van der Waals surface area contributed by atoms with Gasteiger partial charge < -0.3 is 9.47 Å². The van der Waals surface area contributed by atoms with E-state index in [0.717, 1.165) is 22.9 Å². The molecule has 1 aliphatic rings. The molecule has 0 saturated carbocycles. The van der Waals surface area contributed by atoms with E-state index in [9.17, 15) is 19.7 Å². The molecule has 0 N–H and O–H groups in total. The number of imide groups is 1. The van der Waals surface area contributed by atoms with Crippen LogP contribution in [0.1, 0.15) is 11.1 Å². The Labute approximate surface area is 199 Å². The average Bonchev–Trinajstić information content (AvgIpc) is 3.12. The molecule has 4 rings (SSSR count). The monoisotopic (exact) mass is 476 g/mol. The van der Waals surface area contributed by atoms with Crippen LogP contribution in [0.25, 0.3) is 6.08 Å². The third kappa shape index (κ3) is 5.81. The minimum absolute atomic E-state index is 0.0289. The average molecular weight is 477 g/mol. The SMILES string of the molecule is O=C1S/C(=C\c2ccc(OCc3ccc([N+](=O)[O-])cc3)cc2)C(=O)N1CCOc1ccccc1. The smallest absolute Gasteiger partial charge is 0.293 e. The highest BCUT2D eigenvalue weighted by molar-refractivity contribution is 8.18. The Morgan fingerprint density at radius 1 is 0.882 bits per heavy atom. The van der Waals surface area contributed by atoms with Crippen molar-refractivity contribution in [1.82, 2.24) is 4.90 Å². The second-order valence-corrected chi connectivity index (χ2v) is 8.27. The van der Waals surface area contributed by atoms with E-state index in [0.29, 0.717) is 16.4 Å². The molecule has 0 bridgehead atoms. The van der Waals surface area contributed by atoms with E-state index < -0.39 is 4.92 Å². The molecule has 0 atom stereocenters. The van der Waals surface area contributed by atoms with Gasteiger partial charge in [-0.3, -0.25) is 24.6 Å². The molecular weight excluding hydrogens is 456 g/mol. The van der Waals surface area contributed by atoms with Crippen molar-refractivity contribution in [2.45, 2.75) is 6.61 Å². The normalized spacial score (nSPS) is 14.5. The molecule has 0 spiro atoms. The number of para-hydroxylation sites is 1. The van der Waals surface area contributed by atoms with Gasteiger partial charge in [0.15, 0.2) is 0 Å². The number of nitro groups is 1. The fraction of sp³-hybridized carbons (Fsp3) is 0.120. The summed E-state index contributed by atoms with van der Waals surface area (Å²) in [6.07, 6.45) is 1.67. The van der Waals surface area contributed by atoms with Crippen LogP contribution in [0, 0.1) is 10.1 Å². The lowest BCUT2D eigenvalue weighted by Crippen LogP contribution is -2.32. The molecule has 172 valence electrons. The number of rotatable bonds is 9. The second-order valence-electron chi connectivity index (χ2n) is 7.28. The van der Waals surface area contributed by atoms with Crippen LogP contribution in [-0.2, 0) is 11.4 Å². The number of amides is 2. The fourth-order valence-electron chi connectivity index (χ4n) is 3.16. The van der Waals surface area contributed by atoms with Crippen molar-refractivity contribution in [1.29, 1.82) is 0 Å². The van der Waals surface area contributed by atoms with Gasteiger partial charge in [-0.05, 0) is 65.4 Å².